The molecule has 2 aromatic heterocycles. The molecule has 0 bridgehead atoms. The number of rotatable bonds is 10. The van der Waals surface area contributed by atoms with Crippen molar-refractivity contribution in [2.45, 2.75) is 79.1 Å². The average Bonchev–Trinajstić information content (AvgIpc) is 3.78. The van der Waals surface area contributed by atoms with Crippen molar-refractivity contribution in [3.63, 3.8) is 0 Å². The predicted molar refractivity (Wildman–Crippen MR) is 202 cm³/mol. The quantitative estimate of drug-likeness (QED) is 0.150. The molecule has 4 aromatic carbocycles. The van der Waals surface area contributed by atoms with E-state index in [9.17, 15) is 0 Å². The summed E-state index contributed by atoms with van der Waals surface area (Å²) in [6.45, 7) is 18.1. The Balaban J connectivity index is 1.38. The highest BCUT2D eigenvalue weighted by Crippen LogP contribution is 2.37. The number of nitrogens with zero attached hydrogens (tertiary/aromatic N) is 5. The molecule has 0 aliphatic heterocycles. The van der Waals surface area contributed by atoms with Crippen LogP contribution in [0.2, 0.25) is 0 Å². The first-order valence-electron chi connectivity index (χ1n) is 17.3. The van der Waals surface area contributed by atoms with Gasteiger partial charge in [-0.3, -0.25) is 9.13 Å². The Bertz CT molecular complexity index is 1830. The number of aromatic nitrogens is 4. The lowest BCUT2D eigenvalue weighted by Crippen LogP contribution is -2.11. The Labute approximate surface area is 286 Å². The van der Waals surface area contributed by atoms with Gasteiger partial charge in [-0.2, -0.15) is 0 Å². The van der Waals surface area contributed by atoms with Crippen molar-refractivity contribution in [2.75, 3.05) is 11.9 Å². The van der Waals surface area contributed by atoms with Gasteiger partial charge in [0.25, 0.3) is 0 Å². The Hall–Kier alpha value is -4.90. The van der Waals surface area contributed by atoms with E-state index in [-0.39, 0.29) is 0 Å². The molecule has 5 nitrogen and oxygen atoms in total. The summed E-state index contributed by atoms with van der Waals surface area (Å²) in [5.41, 5.74) is 12.2. The molecule has 0 aliphatic carbocycles. The van der Waals surface area contributed by atoms with Crippen molar-refractivity contribution in [3.8, 4) is 34.2 Å². The zero-order valence-corrected chi connectivity index (χ0v) is 29.9. The Kier molecular flexibility index (Phi) is 9.41. The third kappa shape index (κ3) is 6.22. The van der Waals surface area contributed by atoms with Gasteiger partial charge >= 0.3 is 0 Å². The van der Waals surface area contributed by atoms with E-state index in [2.05, 4.69) is 174 Å². The van der Waals surface area contributed by atoms with Crippen LogP contribution in [0.1, 0.15) is 101 Å². The lowest BCUT2D eigenvalue weighted by atomic mass is 9.92. The molecule has 5 heteroatoms. The molecule has 0 amide bonds. The Morgan fingerprint density at radius 3 is 1.15 bits per heavy atom. The zero-order chi connectivity index (χ0) is 34.1. The lowest BCUT2D eigenvalue weighted by molar-refractivity contribution is 0.806. The maximum Gasteiger partial charge on any atom is 0.144 e. The number of para-hydroxylation sites is 2. The fraction of sp³-hybridized carbons (Fsp3) is 0.302. The van der Waals surface area contributed by atoms with Crippen LogP contribution in [0.5, 0.6) is 0 Å². The van der Waals surface area contributed by atoms with Crippen molar-refractivity contribution in [2.24, 2.45) is 0 Å². The molecule has 0 radical (unpaired) electrons. The van der Waals surface area contributed by atoms with Crippen LogP contribution in [0, 0.1) is 0 Å². The Morgan fingerprint density at radius 2 is 0.812 bits per heavy atom. The summed E-state index contributed by atoms with van der Waals surface area (Å²) in [6, 6.07) is 30.8. The molecular weight excluding hydrogens is 587 g/mol. The molecule has 2 heterocycles. The van der Waals surface area contributed by atoms with Crippen molar-refractivity contribution in [1.82, 2.24) is 19.1 Å². The third-order valence-electron chi connectivity index (χ3n) is 9.43. The monoisotopic (exact) mass is 635 g/mol. The second-order valence-electron chi connectivity index (χ2n) is 14.1. The molecule has 0 unspecified atom stereocenters. The highest BCUT2D eigenvalue weighted by atomic mass is 15.1. The summed E-state index contributed by atoms with van der Waals surface area (Å²) >= 11 is 0. The van der Waals surface area contributed by atoms with Gasteiger partial charge in [0.05, 0.1) is 11.4 Å². The minimum atomic E-state index is 0.394. The van der Waals surface area contributed by atoms with Gasteiger partial charge in [0, 0.05) is 54.3 Å². The molecule has 0 atom stereocenters. The van der Waals surface area contributed by atoms with Crippen molar-refractivity contribution in [3.05, 3.63) is 132 Å². The van der Waals surface area contributed by atoms with E-state index in [0.717, 1.165) is 34.2 Å². The SMILES string of the molecule is CC(C)c1cccc(C(C)C)c1-n1ccnc1-c1cccc(N(C)c2cccc(-c3nccn3-c3c(C(C)C)cccc3C(C)C)c2)c1. The third-order valence-corrected chi connectivity index (χ3v) is 9.43. The van der Waals surface area contributed by atoms with Crippen LogP contribution in [0.25, 0.3) is 34.2 Å². The van der Waals surface area contributed by atoms with Crippen molar-refractivity contribution >= 4 is 11.4 Å². The van der Waals surface area contributed by atoms with Gasteiger partial charge in [0.1, 0.15) is 11.6 Å². The molecule has 246 valence electrons. The molecule has 0 saturated heterocycles. The summed E-state index contributed by atoms with van der Waals surface area (Å²) in [5, 5.41) is 0. The first-order valence-corrected chi connectivity index (χ1v) is 17.3. The highest BCUT2D eigenvalue weighted by molar-refractivity contribution is 5.74. The second kappa shape index (κ2) is 13.7. The van der Waals surface area contributed by atoms with E-state index in [4.69, 9.17) is 9.97 Å². The average molecular weight is 636 g/mol. The molecule has 0 fully saturated rings. The van der Waals surface area contributed by atoms with E-state index >= 15 is 0 Å². The first kappa shape index (κ1) is 33.0. The van der Waals surface area contributed by atoms with Gasteiger partial charge in [-0.15, -0.1) is 0 Å². The zero-order valence-electron chi connectivity index (χ0n) is 29.9. The summed E-state index contributed by atoms with van der Waals surface area (Å²) in [6.07, 6.45) is 8.04. The molecular formula is C43H49N5. The van der Waals surface area contributed by atoms with Crippen LogP contribution < -0.4 is 4.90 Å². The van der Waals surface area contributed by atoms with Crippen LogP contribution >= 0.6 is 0 Å². The van der Waals surface area contributed by atoms with Gasteiger partial charge < -0.3 is 4.90 Å². The minimum Gasteiger partial charge on any atom is -0.345 e. The Morgan fingerprint density at radius 1 is 0.479 bits per heavy atom. The predicted octanol–water partition coefficient (Wildman–Crippen LogP) is 11.7. The van der Waals surface area contributed by atoms with Crippen LogP contribution in [-0.4, -0.2) is 26.1 Å². The standard InChI is InChI=1S/C43H49N5/c1-28(2)36-18-12-19-37(29(3)4)40(36)47-24-22-44-42(47)32-14-10-16-34(26-32)46(9)35-17-11-15-33(27-35)43-45-23-25-48(43)41-38(30(5)6)20-13-21-39(41)31(7)8/h10-31H,1-9H3. The molecule has 6 rings (SSSR count). The largest absolute Gasteiger partial charge is 0.345 e. The maximum absolute atomic E-state index is 4.90. The van der Waals surface area contributed by atoms with Gasteiger partial charge in [-0.25, -0.2) is 9.97 Å². The van der Waals surface area contributed by atoms with E-state index in [1.54, 1.807) is 0 Å². The molecule has 0 N–H and O–H groups in total. The second-order valence-corrected chi connectivity index (χ2v) is 14.1. The summed E-state index contributed by atoms with van der Waals surface area (Å²) in [7, 11) is 2.13. The van der Waals surface area contributed by atoms with Gasteiger partial charge in [-0.05, 0) is 70.2 Å². The summed E-state index contributed by atoms with van der Waals surface area (Å²) in [5.74, 6) is 3.46. The fourth-order valence-corrected chi connectivity index (χ4v) is 6.83. The first-order chi connectivity index (χ1) is 23.1. The van der Waals surface area contributed by atoms with E-state index in [1.165, 1.54) is 33.6 Å². The molecule has 0 spiro atoms. The topological polar surface area (TPSA) is 38.9 Å². The number of imidazole rings is 2. The van der Waals surface area contributed by atoms with Gasteiger partial charge in [0.2, 0.25) is 0 Å². The number of hydrogen-bond donors (Lipinski definition) is 0. The number of benzene rings is 4. The smallest absolute Gasteiger partial charge is 0.144 e. The van der Waals surface area contributed by atoms with Crippen molar-refractivity contribution in [1.29, 1.82) is 0 Å². The lowest BCUT2D eigenvalue weighted by Gasteiger charge is -2.23. The van der Waals surface area contributed by atoms with Crippen LogP contribution in [-0.2, 0) is 0 Å². The van der Waals surface area contributed by atoms with Crippen molar-refractivity contribution < 1.29 is 0 Å². The van der Waals surface area contributed by atoms with Gasteiger partial charge in [-0.1, -0.05) is 116 Å². The number of anilines is 2. The normalized spacial score (nSPS) is 11.8. The van der Waals surface area contributed by atoms with Crippen LogP contribution in [0.4, 0.5) is 11.4 Å². The van der Waals surface area contributed by atoms with E-state index < -0.39 is 0 Å². The number of hydrogen-bond acceptors (Lipinski definition) is 3. The molecule has 0 aliphatic rings. The summed E-state index contributed by atoms with van der Waals surface area (Å²) in [4.78, 5) is 12.0. The minimum absolute atomic E-state index is 0.394. The van der Waals surface area contributed by atoms with Crippen LogP contribution in [0.3, 0.4) is 0 Å². The maximum atomic E-state index is 4.90. The molecule has 48 heavy (non-hydrogen) atoms. The van der Waals surface area contributed by atoms with E-state index in [0.29, 0.717) is 23.7 Å². The van der Waals surface area contributed by atoms with Crippen LogP contribution in [0.15, 0.2) is 110 Å². The fourth-order valence-electron chi connectivity index (χ4n) is 6.83. The van der Waals surface area contributed by atoms with Gasteiger partial charge in [0.15, 0.2) is 0 Å². The summed E-state index contributed by atoms with van der Waals surface area (Å²) < 4.78 is 4.56. The molecule has 6 aromatic rings. The van der Waals surface area contributed by atoms with E-state index in [1.807, 2.05) is 12.4 Å². The molecule has 0 saturated carbocycles. The highest BCUT2D eigenvalue weighted by Gasteiger charge is 2.21.